The fourth-order valence-electron chi connectivity index (χ4n) is 4.67. The standard InChI is InChI=1S/C28H34O16/c1-39-13-5-3-11(4-6-13)18(31)19(32)12-7-14(41-27-24(37)22(35)20(33)16(9-29)43-27)26(40-2)15(8-12)42-28-25(38)23(36)21(34)17(10-30)44-28/h3-8,16-17,20-25,27-30,33-38H,9-10H2,1-2H3/t16-,17-,20-,21-,22+,23+,24-,25-,27-,28-/m1/s1. The number of hydrogen-bond donors (Lipinski definition) is 8. The predicted molar refractivity (Wildman–Crippen MR) is 143 cm³/mol. The first-order chi connectivity index (χ1) is 20.9. The van der Waals surface area contributed by atoms with Crippen molar-refractivity contribution in [3.8, 4) is 23.0 Å². The Morgan fingerprint density at radius 3 is 1.45 bits per heavy atom. The number of methoxy groups -OCH3 is 2. The van der Waals surface area contributed by atoms with E-state index in [1.165, 1.54) is 31.4 Å². The number of aliphatic hydroxyl groups excluding tert-OH is 8. The van der Waals surface area contributed by atoms with Gasteiger partial charge in [0.05, 0.1) is 27.4 Å². The van der Waals surface area contributed by atoms with Crippen molar-refractivity contribution in [3.63, 3.8) is 0 Å². The van der Waals surface area contributed by atoms with E-state index in [4.69, 9.17) is 28.4 Å². The minimum atomic E-state index is -1.87. The van der Waals surface area contributed by atoms with Gasteiger partial charge < -0.3 is 69.3 Å². The first-order valence-corrected chi connectivity index (χ1v) is 13.3. The number of ketones is 2. The second-order valence-electron chi connectivity index (χ2n) is 10.0. The molecule has 2 aliphatic rings. The summed E-state index contributed by atoms with van der Waals surface area (Å²) in [6, 6.07) is 7.75. The third kappa shape index (κ3) is 6.64. The lowest BCUT2D eigenvalue weighted by Gasteiger charge is -2.40. The first kappa shape index (κ1) is 33.5. The maximum atomic E-state index is 13.4. The minimum Gasteiger partial charge on any atom is -0.497 e. The molecule has 2 heterocycles. The fourth-order valence-corrected chi connectivity index (χ4v) is 4.67. The van der Waals surface area contributed by atoms with Crippen molar-refractivity contribution < 1.29 is 78.9 Å². The van der Waals surface area contributed by atoms with Gasteiger partial charge >= 0.3 is 0 Å². The number of Topliss-reactive ketones (excluding diaryl/α,β-unsaturated/α-hetero) is 2. The maximum absolute atomic E-state index is 13.4. The van der Waals surface area contributed by atoms with E-state index >= 15 is 0 Å². The molecule has 0 radical (unpaired) electrons. The summed E-state index contributed by atoms with van der Waals surface area (Å²) in [7, 11) is 2.58. The van der Waals surface area contributed by atoms with Crippen molar-refractivity contribution in [1.29, 1.82) is 0 Å². The van der Waals surface area contributed by atoms with Crippen LogP contribution < -0.4 is 18.9 Å². The molecule has 2 fully saturated rings. The molecule has 44 heavy (non-hydrogen) atoms. The third-order valence-corrected chi connectivity index (χ3v) is 7.23. The third-order valence-electron chi connectivity index (χ3n) is 7.23. The van der Waals surface area contributed by atoms with Crippen LogP contribution in [-0.4, -0.2) is 141 Å². The van der Waals surface area contributed by atoms with Crippen LogP contribution in [0.1, 0.15) is 20.7 Å². The molecule has 0 aromatic heterocycles. The zero-order valence-electron chi connectivity index (χ0n) is 23.5. The maximum Gasteiger partial charge on any atom is 0.233 e. The lowest BCUT2D eigenvalue weighted by molar-refractivity contribution is -0.279. The largest absolute Gasteiger partial charge is 0.497 e. The predicted octanol–water partition coefficient (Wildman–Crippen LogP) is -2.87. The molecule has 16 heteroatoms. The molecule has 0 saturated carbocycles. The van der Waals surface area contributed by atoms with Crippen LogP contribution in [0.3, 0.4) is 0 Å². The smallest absolute Gasteiger partial charge is 0.233 e. The van der Waals surface area contributed by atoms with Gasteiger partial charge in [-0.05, 0) is 36.4 Å². The monoisotopic (exact) mass is 626 g/mol. The highest BCUT2D eigenvalue weighted by Crippen LogP contribution is 2.42. The number of rotatable bonds is 11. The molecule has 0 aliphatic carbocycles. The van der Waals surface area contributed by atoms with Crippen molar-refractivity contribution in [2.75, 3.05) is 27.4 Å². The molecule has 16 nitrogen and oxygen atoms in total. The molecule has 8 N–H and O–H groups in total. The molecule has 0 bridgehead atoms. The highest BCUT2D eigenvalue weighted by atomic mass is 16.7. The van der Waals surface area contributed by atoms with Crippen LogP contribution in [0.25, 0.3) is 0 Å². The van der Waals surface area contributed by atoms with Crippen LogP contribution in [0, 0.1) is 0 Å². The Kier molecular flexibility index (Phi) is 10.7. The molecular formula is C28H34O16. The van der Waals surface area contributed by atoms with Gasteiger partial charge in [0.1, 0.15) is 54.6 Å². The van der Waals surface area contributed by atoms with Gasteiger partial charge in [0.25, 0.3) is 0 Å². The highest BCUT2D eigenvalue weighted by Gasteiger charge is 2.47. The van der Waals surface area contributed by atoms with Gasteiger partial charge in [0.2, 0.25) is 29.9 Å². The molecule has 0 amide bonds. The number of hydrogen-bond acceptors (Lipinski definition) is 16. The summed E-state index contributed by atoms with van der Waals surface area (Å²) in [5.41, 5.74) is -0.356. The minimum absolute atomic E-state index is 0.000535. The number of carbonyl (C=O) groups is 2. The Morgan fingerprint density at radius 2 is 1.07 bits per heavy atom. The molecule has 0 spiro atoms. The van der Waals surface area contributed by atoms with Crippen LogP contribution >= 0.6 is 0 Å². The number of benzene rings is 2. The summed E-state index contributed by atoms with van der Waals surface area (Å²) in [5.74, 6) is -2.71. The summed E-state index contributed by atoms with van der Waals surface area (Å²) in [6.45, 7) is -1.52. The average Bonchev–Trinajstić information content (AvgIpc) is 3.04. The van der Waals surface area contributed by atoms with E-state index in [1.54, 1.807) is 0 Å². The SMILES string of the molecule is COc1ccc(C(=O)C(=O)c2cc(O[C@@H]3O[C@H](CO)[C@@H](O)[C@H](O)[C@H]3O)c(OC)c(O[C@@H]3O[C@H](CO)[C@@H](O)[C@H](O)[C@H]3O)c2)cc1. The van der Waals surface area contributed by atoms with E-state index in [1.807, 2.05) is 0 Å². The second kappa shape index (κ2) is 14.1. The highest BCUT2D eigenvalue weighted by molar-refractivity contribution is 6.49. The van der Waals surface area contributed by atoms with Crippen LogP contribution in [0.15, 0.2) is 36.4 Å². The molecular weight excluding hydrogens is 592 g/mol. The van der Waals surface area contributed by atoms with E-state index in [-0.39, 0.29) is 16.9 Å². The van der Waals surface area contributed by atoms with E-state index in [2.05, 4.69) is 0 Å². The van der Waals surface area contributed by atoms with Crippen LogP contribution in [-0.2, 0) is 9.47 Å². The van der Waals surface area contributed by atoms with Crippen molar-refractivity contribution in [1.82, 2.24) is 0 Å². The van der Waals surface area contributed by atoms with Crippen LogP contribution in [0.5, 0.6) is 23.0 Å². The Labute approximate surface area is 250 Å². The molecule has 2 saturated heterocycles. The molecule has 2 aromatic carbocycles. The van der Waals surface area contributed by atoms with Crippen LogP contribution in [0.2, 0.25) is 0 Å². The normalized spacial score (nSPS) is 32.0. The van der Waals surface area contributed by atoms with Gasteiger partial charge in [-0.1, -0.05) is 0 Å². The van der Waals surface area contributed by atoms with Gasteiger partial charge in [0, 0.05) is 11.1 Å². The fraction of sp³-hybridized carbons (Fsp3) is 0.500. The summed E-state index contributed by atoms with van der Waals surface area (Å²) >= 11 is 0. The molecule has 242 valence electrons. The van der Waals surface area contributed by atoms with Gasteiger partial charge in [-0.3, -0.25) is 9.59 Å². The van der Waals surface area contributed by atoms with Crippen molar-refractivity contribution in [2.45, 2.75) is 61.4 Å². The summed E-state index contributed by atoms with van der Waals surface area (Å²) in [4.78, 5) is 26.5. The average molecular weight is 627 g/mol. The molecule has 0 unspecified atom stereocenters. The Bertz CT molecular complexity index is 1240. The topological polar surface area (TPSA) is 251 Å². The molecule has 10 atom stereocenters. The van der Waals surface area contributed by atoms with Gasteiger partial charge in [-0.15, -0.1) is 0 Å². The van der Waals surface area contributed by atoms with Gasteiger partial charge in [0.15, 0.2) is 11.5 Å². The zero-order chi connectivity index (χ0) is 32.3. The number of ether oxygens (including phenoxy) is 6. The number of aliphatic hydroxyl groups is 8. The van der Waals surface area contributed by atoms with Crippen LogP contribution in [0.4, 0.5) is 0 Å². The van der Waals surface area contributed by atoms with Crippen molar-refractivity contribution in [3.05, 3.63) is 47.5 Å². The Balaban J connectivity index is 1.75. The Morgan fingerprint density at radius 1 is 0.636 bits per heavy atom. The summed E-state index contributed by atoms with van der Waals surface area (Å²) in [5, 5.41) is 80.7. The second-order valence-corrected chi connectivity index (χ2v) is 10.0. The van der Waals surface area contributed by atoms with E-state index in [0.717, 1.165) is 19.2 Å². The summed E-state index contributed by atoms with van der Waals surface area (Å²) < 4.78 is 32.6. The van der Waals surface area contributed by atoms with Gasteiger partial charge in [-0.2, -0.15) is 0 Å². The summed E-state index contributed by atoms with van der Waals surface area (Å²) in [6.07, 6.45) is -17.0. The molecule has 4 rings (SSSR count). The van der Waals surface area contributed by atoms with Gasteiger partial charge in [-0.25, -0.2) is 0 Å². The first-order valence-electron chi connectivity index (χ1n) is 13.3. The van der Waals surface area contributed by atoms with E-state index < -0.39 is 97.7 Å². The van der Waals surface area contributed by atoms with E-state index in [9.17, 15) is 50.4 Å². The molecule has 2 aromatic rings. The Hall–Kier alpha value is -3.42. The van der Waals surface area contributed by atoms with Crippen molar-refractivity contribution in [2.24, 2.45) is 0 Å². The lowest BCUT2D eigenvalue weighted by atomic mass is 9.98. The molecule has 2 aliphatic heterocycles. The van der Waals surface area contributed by atoms with Crippen molar-refractivity contribution >= 4 is 11.6 Å². The lowest BCUT2D eigenvalue weighted by Crippen LogP contribution is -2.60. The number of carbonyl (C=O) groups excluding carboxylic acids is 2. The van der Waals surface area contributed by atoms with E-state index in [0.29, 0.717) is 5.75 Å². The zero-order valence-corrected chi connectivity index (χ0v) is 23.5. The quantitative estimate of drug-likeness (QED) is 0.0921.